The van der Waals surface area contributed by atoms with Crippen LogP contribution in [0.1, 0.15) is 12.5 Å². The van der Waals surface area contributed by atoms with E-state index in [1.165, 1.54) is 5.01 Å². The summed E-state index contributed by atoms with van der Waals surface area (Å²) in [5.74, 6) is 5.57. The molecule has 0 aromatic heterocycles. The average molecular weight is 204 g/mol. The molecule has 1 aromatic carbocycles. The van der Waals surface area contributed by atoms with Crippen molar-refractivity contribution in [1.82, 2.24) is 5.01 Å². The summed E-state index contributed by atoms with van der Waals surface area (Å²) in [7, 11) is 0. The zero-order valence-corrected chi connectivity index (χ0v) is 8.33. The topological polar surface area (TPSA) is 74.2 Å². The van der Waals surface area contributed by atoms with Crippen molar-refractivity contribution in [3.63, 3.8) is 0 Å². The molecule has 78 valence electrons. The summed E-state index contributed by atoms with van der Waals surface area (Å²) in [6, 6.07) is 9.31. The molecule has 1 aromatic rings. The minimum Gasteiger partial charge on any atom is -0.492 e. The summed E-state index contributed by atoms with van der Waals surface area (Å²) in [6.45, 7) is 1.75. The quantitative estimate of drug-likeness (QED) is 0.685. The van der Waals surface area contributed by atoms with Crippen LogP contribution in [-0.2, 0) is 0 Å². The first-order valence-electron chi connectivity index (χ1n) is 4.63. The number of nitrogens with two attached hydrogens (primary N) is 1. The van der Waals surface area contributed by atoms with E-state index < -0.39 is 0 Å². The van der Waals surface area contributed by atoms with Crippen LogP contribution in [0.5, 0.6) is 0 Å². The number of benzene rings is 1. The van der Waals surface area contributed by atoms with Gasteiger partial charge in [0.1, 0.15) is 0 Å². The Balaban J connectivity index is 2.43. The monoisotopic (exact) mass is 204 g/mol. The predicted octanol–water partition coefficient (Wildman–Crippen LogP) is 1.86. The molecule has 0 saturated heterocycles. The lowest BCUT2D eigenvalue weighted by Crippen LogP contribution is -2.39. The molecule has 5 nitrogen and oxygen atoms in total. The molecule has 0 saturated carbocycles. The lowest BCUT2D eigenvalue weighted by molar-refractivity contribution is 0.155. The second-order valence-electron chi connectivity index (χ2n) is 3.29. The van der Waals surface area contributed by atoms with Crippen molar-refractivity contribution in [2.24, 2.45) is 16.1 Å². The van der Waals surface area contributed by atoms with E-state index in [1.54, 1.807) is 6.92 Å². The number of aliphatic hydroxyl groups excluding tert-OH is 1. The molecule has 0 spiro atoms. The van der Waals surface area contributed by atoms with Gasteiger partial charge in [-0.2, -0.15) is 5.11 Å². The van der Waals surface area contributed by atoms with Crippen LogP contribution in [0.4, 0.5) is 0 Å². The first-order chi connectivity index (χ1) is 7.20. The highest BCUT2D eigenvalue weighted by atomic mass is 16.3. The Morgan fingerprint density at radius 2 is 2.00 bits per heavy atom. The number of hydrazine groups is 1. The van der Waals surface area contributed by atoms with E-state index in [9.17, 15) is 5.11 Å². The normalized spacial score (nSPS) is 20.9. The molecule has 3 N–H and O–H groups in total. The molecule has 0 radical (unpaired) electrons. The molecular weight excluding hydrogens is 192 g/mol. The van der Waals surface area contributed by atoms with Crippen molar-refractivity contribution < 1.29 is 5.11 Å². The third-order valence-electron chi connectivity index (χ3n) is 2.23. The van der Waals surface area contributed by atoms with Crippen molar-refractivity contribution in [1.29, 1.82) is 0 Å². The fraction of sp³-hybridized carbons (Fsp3) is 0.200. The number of rotatable bonds is 1. The van der Waals surface area contributed by atoms with E-state index in [1.807, 2.05) is 30.3 Å². The maximum Gasteiger partial charge on any atom is 0.232 e. The van der Waals surface area contributed by atoms with Gasteiger partial charge in [-0.05, 0) is 6.92 Å². The molecule has 15 heavy (non-hydrogen) atoms. The molecule has 0 amide bonds. The van der Waals surface area contributed by atoms with Crippen LogP contribution in [-0.4, -0.2) is 16.3 Å². The Morgan fingerprint density at radius 1 is 1.33 bits per heavy atom. The van der Waals surface area contributed by atoms with E-state index in [4.69, 9.17) is 5.84 Å². The van der Waals surface area contributed by atoms with Crippen LogP contribution in [0.2, 0.25) is 0 Å². The molecule has 0 aliphatic carbocycles. The molecule has 5 heteroatoms. The van der Waals surface area contributed by atoms with E-state index >= 15 is 0 Å². The summed E-state index contributed by atoms with van der Waals surface area (Å²) >= 11 is 0. The van der Waals surface area contributed by atoms with Crippen molar-refractivity contribution in [2.75, 3.05) is 0 Å². The van der Waals surface area contributed by atoms with Gasteiger partial charge in [0.15, 0.2) is 11.9 Å². The van der Waals surface area contributed by atoms with Gasteiger partial charge in [0.25, 0.3) is 0 Å². The Bertz CT molecular complexity index is 413. The maximum absolute atomic E-state index is 9.79. The van der Waals surface area contributed by atoms with Crippen LogP contribution in [0.15, 0.2) is 46.4 Å². The summed E-state index contributed by atoms with van der Waals surface area (Å²) in [6.07, 6.45) is -0.336. The summed E-state index contributed by atoms with van der Waals surface area (Å²) in [5, 5.41) is 18.9. The van der Waals surface area contributed by atoms with Crippen molar-refractivity contribution in [3.05, 3.63) is 41.8 Å². The Hall–Kier alpha value is -1.88. The zero-order chi connectivity index (χ0) is 10.8. The van der Waals surface area contributed by atoms with Gasteiger partial charge in [-0.25, -0.2) is 5.84 Å². The highest BCUT2D eigenvalue weighted by Gasteiger charge is 2.21. The third kappa shape index (κ3) is 1.69. The minimum absolute atomic E-state index is 0.0521. The minimum atomic E-state index is -0.336. The van der Waals surface area contributed by atoms with Crippen LogP contribution >= 0.6 is 0 Å². The SMILES string of the molecule is CC1N=NC(c2ccccc2)=C(O)N1N. The molecule has 1 heterocycles. The molecule has 1 unspecified atom stereocenters. The summed E-state index contributed by atoms with van der Waals surface area (Å²) in [4.78, 5) is 0. The Kier molecular flexibility index (Phi) is 2.39. The molecule has 1 atom stereocenters. The zero-order valence-electron chi connectivity index (χ0n) is 8.33. The molecular formula is C10H12N4O. The number of nitrogens with zero attached hydrogens (tertiary/aromatic N) is 3. The average Bonchev–Trinajstić information content (AvgIpc) is 2.27. The lowest BCUT2D eigenvalue weighted by Gasteiger charge is -2.25. The smallest absolute Gasteiger partial charge is 0.232 e. The van der Waals surface area contributed by atoms with Gasteiger partial charge in [0, 0.05) is 5.56 Å². The van der Waals surface area contributed by atoms with Crippen LogP contribution in [0.3, 0.4) is 0 Å². The molecule has 0 fully saturated rings. The predicted molar refractivity (Wildman–Crippen MR) is 56.3 cm³/mol. The molecule has 1 aliphatic rings. The van der Waals surface area contributed by atoms with Gasteiger partial charge in [0.05, 0.1) is 0 Å². The number of hydrogen-bond acceptors (Lipinski definition) is 5. The number of azo groups is 1. The van der Waals surface area contributed by atoms with Gasteiger partial charge in [-0.1, -0.05) is 30.3 Å². The third-order valence-corrected chi connectivity index (χ3v) is 2.23. The number of aliphatic hydroxyl groups is 1. The summed E-state index contributed by atoms with van der Waals surface area (Å²) < 4.78 is 0. The van der Waals surface area contributed by atoms with Crippen LogP contribution in [0.25, 0.3) is 5.70 Å². The fourth-order valence-electron chi connectivity index (χ4n) is 1.32. The van der Waals surface area contributed by atoms with Gasteiger partial charge >= 0.3 is 0 Å². The first-order valence-corrected chi connectivity index (χ1v) is 4.63. The fourth-order valence-corrected chi connectivity index (χ4v) is 1.32. The second-order valence-corrected chi connectivity index (χ2v) is 3.29. The maximum atomic E-state index is 9.79. The van der Waals surface area contributed by atoms with Crippen LogP contribution < -0.4 is 5.84 Å². The van der Waals surface area contributed by atoms with Gasteiger partial charge in [-0.3, -0.25) is 5.01 Å². The Morgan fingerprint density at radius 3 is 2.67 bits per heavy atom. The molecule has 2 rings (SSSR count). The van der Waals surface area contributed by atoms with Gasteiger partial charge in [0.2, 0.25) is 5.88 Å². The van der Waals surface area contributed by atoms with Crippen molar-refractivity contribution in [2.45, 2.75) is 13.1 Å². The summed E-state index contributed by atoms with van der Waals surface area (Å²) in [5.41, 5.74) is 1.19. The van der Waals surface area contributed by atoms with E-state index in [0.29, 0.717) is 5.70 Å². The highest BCUT2D eigenvalue weighted by molar-refractivity contribution is 5.65. The van der Waals surface area contributed by atoms with Crippen molar-refractivity contribution in [3.8, 4) is 0 Å². The Labute approximate surface area is 87.5 Å². The molecule has 0 bridgehead atoms. The molecule has 1 aliphatic heterocycles. The van der Waals surface area contributed by atoms with Crippen LogP contribution in [0, 0.1) is 0 Å². The first kappa shape index (κ1) is 9.67. The highest BCUT2D eigenvalue weighted by Crippen LogP contribution is 2.25. The standard InChI is InChI=1S/C10H12N4O/c1-7-12-13-9(10(15)14(7)11)8-5-3-2-4-6-8/h2-7,15H,11H2,1H3. The van der Waals surface area contributed by atoms with Gasteiger partial charge < -0.3 is 5.11 Å². The number of hydrogen-bond donors (Lipinski definition) is 2. The lowest BCUT2D eigenvalue weighted by atomic mass is 10.1. The van der Waals surface area contributed by atoms with E-state index in [2.05, 4.69) is 10.2 Å². The van der Waals surface area contributed by atoms with Gasteiger partial charge in [-0.15, -0.1) is 5.11 Å². The van der Waals surface area contributed by atoms with E-state index in [-0.39, 0.29) is 12.0 Å². The largest absolute Gasteiger partial charge is 0.492 e. The van der Waals surface area contributed by atoms with Crippen molar-refractivity contribution >= 4 is 5.70 Å². The second kappa shape index (κ2) is 3.70. The van der Waals surface area contributed by atoms with E-state index in [0.717, 1.165) is 5.56 Å².